The van der Waals surface area contributed by atoms with Crippen molar-refractivity contribution >= 4 is 12.1 Å². The summed E-state index contributed by atoms with van der Waals surface area (Å²) in [7, 11) is 0. The van der Waals surface area contributed by atoms with Gasteiger partial charge in [0.2, 0.25) is 0 Å². The van der Waals surface area contributed by atoms with Crippen LogP contribution in [0, 0.1) is 13.8 Å². The van der Waals surface area contributed by atoms with Crippen molar-refractivity contribution in [1.29, 1.82) is 0 Å². The summed E-state index contributed by atoms with van der Waals surface area (Å²) in [6.07, 6.45) is 0.864. The van der Waals surface area contributed by atoms with E-state index in [2.05, 4.69) is 19.6 Å². The summed E-state index contributed by atoms with van der Waals surface area (Å²) in [5.74, 6) is -0.753. The number of hydrogen-bond donors (Lipinski definition) is 0. The normalized spacial score (nSPS) is 10.2. The first kappa shape index (κ1) is 18.9. The standard InChI is InChI=1S/C16H22O7/c1-4-5-9-19-10-11-20-16(18)22-23-21-15(17)14-12(2)7-6-8-13(14)3/h6-8H,4-5,9-11H2,1-3H3. The van der Waals surface area contributed by atoms with Crippen LogP contribution >= 0.6 is 0 Å². The molecule has 0 saturated heterocycles. The van der Waals surface area contributed by atoms with Crippen molar-refractivity contribution in [2.45, 2.75) is 33.6 Å². The quantitative estimate of drug-likeness (QED) is 0.298. The molecule has 1 rings (SSSR count). The lowest BCUT2D eigenvalue weighted by Crippen LogP contribution is -2.15. The molecule has 0 fully saturated rings. The summed E-state index contributed by atoms with van der Waals surface area (Å²) < 4.78 is 9.85. The van der Waals surface area contributed by atoms with Gasteiger partial charge >= 0.3 is 12.1 Å². The highest BCUT2D eigenvalue weighted by molar-refractivity contribution is 5.92. The number of hydrogen-bond acceptors (Lipinski definition) is 7. The zero-order chi connectivity index (χ0) is 17.1. The molecule has 7 nitrogen and oxygen atoms in total. The molecule has 1 aromatic carbocycles. The molecular weight excluding hydrogens is 304 g/mol. The van der Waals surface area contributed by atoms with Gasteiger partial charge in [-0.2, -0.15) is 0 Å². The van der Waals surface area contributed by atoms with Crippen LogP contribution in [0.3, 0.4) is 0 Å². The van der Waals surface area contributed by atoms with Gasteiger partial charge in [0.1, 0.15) is 6.61 Å². The van der Waals surface area contributed by atoms with Crippen LogP contribution in [0.4, 0.5) is 4.79 Å². The van der Waals surface area contributed by atoms with Crippen molar-refractivity contribution in [3.05, 3.63) is 34.9 Å². The maximum Gasteiger partial charge on any atom is 0.543 e. The van der Waals surface area contributed by atoms with Gasteiger partial charge in [-0.25, -0.2) is 14.5 Å². The van der Waals surface area contributed by atoms with E-state index < -0.39 is 12.1 Å². The van der Waals surface area contributed by atoms with Crippen LogP contribution in [0.5, 0.6) is 0 Å². The van der Waals surface area contributed by atoms with E-state index in [4.69, 9.17) is 4.74 Å². The lowest BCUT2D eigenvalue weighted by molar-refractivity contribution is -0.452. The average Bonchev–Trinajstić information content (AvgIpc) is 2.50. The van der Waals surface area contributed by atoms with E-state index in [1.54, 1.807) is 26.0 Å². The molecule has 7 heteroatoms. The summed E-state index contributed by atoms with van der Waals surface area (Å²) in [5, 5.41) is 4.15. The molecule has 0 aromatic heterocycles. The van der Waals surface area contributed by atoms with Crippen molar-refractivity contribution in [3.8, 4) is 0 Å². The molecular formula is C16H22O7. The van der Waals surface area contributed by atoms with Crippen LogP contribution in [0.15, 0.2) is 18.2 Å². The summed E-state index contributed by atoms with van der Waals surface area (Å²) >= 11 is 0. The van der Waals surface area contributed by atoms with Gasteiger partial charge in [-0.15, -0.1) is 0 Å². The molecule has 0 aliphatic heterocycles. The minimum Gasteiger partial charge on any atom is -0.430 e. The fourth-order valence-electron chi connectivity index (χ4n) is 1.81. The van der Waals surface area contributed by atoms with Gasteiger partial charge in [-0.3, -0.25) is 4.89 Å². The third kappa shape index (κ3) is 7.12. The lowest BCUT2D eigenvalue weighted by Gasteiger charge is -2.07. The summed E-state index contributed by atoms with van der Waals surface area (Å²) in [5.41, 5.74) is 1.81. The van der Waals surface area contributed by atoms with Crippen LogP contribution in [0.2, 0.25) is 0 Å². The first-order valence-electron chi connectivity index (χ1n) is 7.42. The number of carbonyl (C=O) groups is 2. The molecule has 23 heavy (non-hydrogen) atoms. The van der Waals surface area contributed by atoms with Crippen LogP contribution in [0.1, 0.15) is 41.3 Å². The van der Waals surface area contributed by atoms with Gasteiger partial charge in [0.15, 0.2) is 0 Å². The summed E-state index contributed by atoms with van der Waals surface area (Å²) in [6.45, 7) is 6.47. The van der Waals surface area contributed by atoms with Gasteiger partial charge in [-0.1, -0.05) is 31.5 Å². The fraction of sp³-hybridized carbons (Fsp3) is 0.500. The van der Waals surface area contributed by atoms with E-state index in [-0.39, 0.29) is 13.2 Å². The monoisotopic (exact) mass is 326 g/mol. The molecule has 0 aliphatic carbocycles. The predicted octanol–water partition coefficient (Wildman–Crippen LogP) is 3.28. The lowest BCUT2D eigenvalue weighted by atomic mass is 10.0. The average molecular weight is 326 g/mol. The van der Waals surface area contributed by atoms with Gasteiger partial charge in [0, 0.05) is 6.61 Å². The Bertz CT molecular complexity index is 493. The Morgan fingerprint density at radius 3 is 2.35 bits per heavy atom. The highest BCUT2D eigenvalue weighted by Crippen LogP contribution is 2.14. The van der Waals surface area contributed by atoms with E-state index in [1.165, 1.54) is 0 Å². The Labute approximate surface area is 135 Å². The third-order valence-corrected chi connectivity index (χ3v) is 2.99. The zero-order valence-corrected chi connectivity index (χ0v) is 13.6. The van der Waals surface area contributed by atoms with E-state index in [0.717, 1.165) is 24.0 Å². The van der Waals surface area contributed by atoms with Crippen LogP contribution < -0.4 is 0 Å². The van der Waals surface area contributed by atoms with Crippen molar-refractivity contribution < 1.29 is 33.9 Å². The Morgan fingerprint density at radius 1 is 1.00 bits per heavy atom. The predicted molar refractivity (Wildman–Crippen MR) is 80.6 cm³/mol. The maximum absolute atomic E-state index is 11.8. The van der Waals surface area contributed by atoms with E-state index in [0.29, 0.717) is 12.2 Å². The molecule has 0 amide bonds. The number of rotatable bonds is 9. The molecule has 128 valence electrons. The topological polar surface area (TPSA) is 80.3 Å². The minimum atomic E-state index is -1.11. The summed E-state index contributed by atoms with van der Waals surface area (Å²) in [6, 6.07) is 5.34. The second kappa shape index (κ2) is 10.6. The zero-order valence-electron chi connectivity index (χ0n) is 13.6. The highest BCUT2D eigenvalue weighted by Gasteiger charge is 2.16. The Balaban J connectivity index is 2.21. The molecule has 0 atom stereocenters. The van der Waals surface area contributed by atoms with Crippen molar-refractivity contribution in [2.75, 3.05) is 19.8 Å². The Morgan fingerprint density at radius 2 is 1.70 bits per heavy atom. The number of carbonyl (C=O) groups excluding carboxylic acids is 2. The van der Waals surface area contributed by atoms with Crippen molar-refractivity contribution in [3.63, 3.8) is 0 Å². The van der Waals surface area contributed by atoms with Gasteiger partial charge in [-0.05, 0) is 31.4 Å². The van der Waals surface area contributed by atoms with Crippen molar-refractivity contribution in [1.82, 2.24) is 0 Å². The molecule has 0 radical (unpaired) electrons. The Kier molecular flexibility index (Phi) is 8.71. The number of benzene rings is 1. The number of aryl methyl sites for hydroxylation is 2. The molecule has 0 saturated carbocycles. The number of ether oxygens (including phenoxy) is 2. The number of unbranched alkanes of at least 4 members (excludes halogenated alkanes) is 1. The fourth-order valence-corrected chi connectivity index (χ4v) is 1.81. The second-order valence-electron chi connectivity index (χ2n) is 4.85. The molecule has 0 spiro atoms. The van der Waals surface area contributed by atoms with E-state index in [1.807, 2.05) is 13.0 Å². The molecule has 0 aliphatic rings. The molecule has 0 bridgehead atoms. The summed E-state index contributed by atoms with van der Waals surface area (Å²) in [4.78, 5) is 31.6. The SMILES string of the molecule is CCCCOCCOC(=O)OOOC(=O)c1c(C)cccc1C. The largest absolute Gasteiger partial charge is 0.543 e. The van der Waals surface area contributed by atoms with Gasteiger partial charge in [0.25, 0.3) is 0 Å². The molecule has 1 aromatic rings. The van der Waals surface area contributed by atoms with Crippen LogP contribution in [-0.4, -0.2) is 31.9 Å². The van der Waals surface area contributed by atoms with Crippen LogP contribution in [-0.2, 0) is 24.3 Å². The van der Waals surface area contributed by atoms with E-state index in [9.17, 15) is 9.59 Å². The van der Waals surface area contributed by atoms with Gasteiger partial charge in [0.05, 0.1) is 17.2 Å². The highest BCUT2D eigenvalue weighted by atomic mass is 17.5. The van der Waals surface area contributed by atoms with Crippen molar-refractivity contribution in [2.24, 2.45) is 0 Å². The molecule has 0 unspecified atom stereocenters. The maximum atomic E-state index is 11.8. The molecule has 0 N–H and O–H groups in total. The smallest absolute Gasteiger partial charge is 0.430 e. The molecule has 0 heterocycles. The Hall–Kier alpha value is -2.12. The first-order chi connectivity index (χ1) is 11.1. The van der Waals surface area contributed by atoms with E-state index >= 15 is 0 Å². The first-order valence-corrected chi connectivity index (χ1v) is 7.42. The third-order valence-electron chi connectivity index (χ3n) is 2.99. The van der Waals surface area contributed by atoms with Crippen LogP contribution in [0.25, 0.3) is 0 Å². The second-order valence-corrected chi connectivity index (χ2v) is 4.85. The minimum absolute atomic E-state index is 0.0246. The van der Waals surface area contributed by atoms with Gasteiger partial charge < -0.3 is 9.47 Å².